The lowest BCUT2D eigenvalue weighted by Crippen LogP contribution is -2.16. The van der Waals surface area contributed by atoms with Gasteiger partial charge in [-0.2, -0.15) is 5.26 Å². The van der Waals surface area contributed by atoms with Crippen molar-refractivity contribution < 1.29 is 19.0 Å². The van der Waals surface area contributed by atoms with E-state index in [1.807, 2.05) is 38.1 Å². The zero-order chi connectivity index (χ0) is 19.4. The minimum Gasteiger partial charge on any atom is -0.493 e. The van der Waals surface area contributed by atoms with E-state index in [-0.39, 0.29) is 5.57 Å². The van der Waals surface area contributed by atoms with E-state index < -0.39 is 5.91 Å². The van der Waals surface area contributed by atoms with Gasteiger partial charge in [0.15, 0.2) is 11.5 Å². The van der Waals surface area contributed by atoms with Gasteiger partial charge in [-0.05, 0) is 49.2 Å². The summed E-state index contributed by atoms with van der Waals surface area (Å²) in [7, 11) is 1.53. The summed E-state index contributed by atoms with van der Waals surface area (Å²) in [4.78, 5) is 12.5. The first-order chi connectivity index (χ1) is 13.0. The van der Waals surface area contributed by atoms with E-state index in [4.69, 9.17) is 14.2 Å². The molecule has 0 aromatic heterocycles. The highest BCUT2D eigenvalue weighted by Gasteiger charge is 2.19. The number of hydrogen-bond donors (Lipinski definition) is 1. The van der Waals surface area contributed by atoms with Crippen LogP contribution in [-0.4, -0.2) is 26.2 Å². The number of nitriles is 1. The number of fused-ring (bicyclic) bond motifs is 1. The number of rotatable bonds is 4. The Bertz CT molecular complexity index is 940. The molecule has 2 aromatic carbocycles. The van der Waals surface area contributed by atoms with Gasteiger partial charge < -0.3 is 19.5 Å². The molecular formula is C21H20N2O4. The molecule has 0 radical (unpaired) electrons. The summed E-state index contributed by atoms with van der Waals surface area (Å²) < 4.78 is 16.5. The van der Waals surface area contributed by atoms with Crippen molar-refractivity contribution in [3.05, 3.63) is 52.6 Å². The molecule has 0 aliphatic carbocycles. The predicted molar refractivity (Wildman–Crippen MR) is 102 cm³/mol. The number of amides is 1. The number of carbonyl (C=O) groups excluding carboxylic acids is 1. The number of aryl methyl sites for hydroxylation is 2. The molecule has 0 spiro atoms. The van der Waals surface area contributed by atoms with Gasteiger partial charge in [-0.15, -0.1) is 0 Å². The molecule has 0 saturated carbocycles. The van der Waals surface area contributed by atoms with Gasteiger partial charge in [0, 0.05) is 5.69 Å². The molecule has 1 N–H and O–H groups in total. The van der Waals surface area contributed by atoms with Gasteiger partial charge in [0.25, 0.3) is 5.91 Å². The highest BCUT2D eigenvalue weighted by molar-refractivity contribution is 6.10. The van der Waals surface area contributed by atoms with Gasteiger partial charge in [-0.1, -0.05) is 17.7 Å². The van der Waals surface area contributed by atoms with Gasteiger partial charge >= 0.3 is 0 Å². The molecule has 1 heterocycles. The molecule has 0 fully saturated rings. The van der Waals surface area contributed by atoms with E-state index in [0.717, 1.165) is 11.1 Å². The summed E-state index contributed by atoms with van der Waals surface area (Å²) in [5, 5.41) is 12.2. The van der Waals surface area contributed by atoms with E-state index >= 15 is 0 Å². The summed E-state index contributed by atoms with van der Waals surface area (Å²) in [5.41, 5.74) is 3.30. The Morgan fingerprint density at radius 3 is 2.70 bits per heavy atom. The minimum absolute atomic E-state index is 0.0197. The first-order valence-corrected chi connectivity index (χ1v) is 8.50. The maximum absolute atomic E-state index is 12.5. The smallest absolute Gasteiger partial charge is 0.266 e. The lowest BCUT2D eigenvalue weighted by Gasteiger charge is -2.21. The highest BCUT2D eigenvalue weighted by atomic mass is 16.6. The average molecular weight is 364 g/mol. The van der Waals surface area contributed by atoms with Gasteiger partial charge in [-0.3, -0.25) is 4.79 Å². The molecule has 6 nitrogen and oxygen atoms in total. The normalized spacial score (nSPS) is 12.9. The van der Waals surface area contributed by atoms with E-state index in [1.165, 1.54) is 13.2 Å². The quantitative estimate of drug-likeness (QED) is 0.662. The molecular weight excluding hydrogens is 344 g/mol. The Balaban J connectivity index is 1.89. The molecule has 1 amide bonds. The first kappa shape index (κ1) is 18.3. The first-order valence-electron chi connectivity index (χ1n) is 8.50. The largest absolute Gasteiger partial charge is 0.493 e. The number of ether oxygens (including phenoxy) is 3. The summed E-state index contributed by atoms with van der Waals surface area (Å²) in [6.45, 7) is 4.76. The lowest BCUT2D eigenvalue weighted by atomic mass is 10.1. The van der Waals surface area contributed by atoms with Gasteiger partial charge in [0.05, 0.1) is 7.11 Å². The van der Waals surface area contributed by atoms with Crippen LogP contribution in [0.2, 0.25) is 0 Å². The average Bonchev–Trinajstić information content (AvgIpc) is 2.67. The number of nitrogens with zero attached hydrogens (tertiary/aromatic N) is 1. The van der Waals surface area contributed by atoms with Crippen molar-refractivity contribution >= 4 is 17.7 Å². The van der Waals surface area contributed by atoms with Crippen LogP contribution in [0.4, 0.5) is 5.69 Å². The fourth-order valence-corrected chi connectivity index (χ4v) is 2.84. The number of methoxy groups -OCH3 is 1. The van der Waals surface area contributed by atoms with E-state index in [2.05, 4.69) is 5.32 Å². The van der Waals surface area contributed by atoms with E-state index in [0.29, 0.717) is 41.7 Å². The van der Waals surface area contributed by atoms with Crippen molar-refractivity contribution in [1.29, 1.82) is 5.26 Å². The van der Waals surface area contributed by atoms with Crippen LogP contribution in [0.5, 0.6) is 17.2 Å². The summed E-state index contributed by atoms with van der Waals surface area (Å²) in [6.07, 6.45) is 1.50. The van der Waals surface area contributed by atoms with Crippen molar-refractivity contribution in [2.45, 2.75) is 13.8 Å². The Morgan fingerprint density at radius 1 is 1.22 bits per heavy atom. The maximum Gasteiger partial charge on any atom is 0.266 e. The van der Waals surface area contributed by atoms with Gasteiger partial charge in [-0.25, -0.2) is 0 Å². The third-order valence-electron chi connectivity index (χ3n) is 4.16. The predicted octanol–water partition coefficient (Wildman–Crippen LogP) is 3.63. The number of anilines is 1. The second-order valence-corrected chi connectivity index (χ2v) is 6.19. The molecule has 138 valence electrons. The topological polar surface area (TPSA) is 80.6 Å². The van der Waals surface area contributed by atoms with Crippen LogP contribution < -0.4 is 19.5 Å². The van der Waals surface area contributed by atoms with Crippen molar-refractivity contribution in [3.8, 4) is 23.3 Å². The fourth-order valence-electron chi connectivity index (χ4n) is 2.84. The summed E-state index contributed by atoms with van der Waals surface area (Å²) >= 11 is 0. The van der Waals surface area contributed by atoms with Crippen LogP contribution in [0.1, 0.15) is 16.7 Å². The van der Waals surface area contributed by atoms with Gasteiger partial charge in [0.2, 0.25) is 5.75 Å². The van der Waals surface area contributed by atoms with E-state index in [1.54, 1.807) is 12.1 Å². The van der Waals surface area contributed by atoms with Crippen molar-refractivity contribution in [2.24, 2.45) is 0 Å². The molecule has 0 atom stereocenters. The molecule has 0 bridgehead atoms. The molecule has 6 heteroatoms. The SMILES string of the molecule is COc1cc(/C=C(\C#N)C(=O)Nc2ccc(C)cc2C)cc2c1OCCO2. The summed E-state index contributed by atoms with van der Waals surface area (Å²) in [6, 6.07) is 11.1. The monoisotopic (exact) mass is 364 g/mol. The fraction of sp³-hybridized carbons (Fsp3) is 0.238. The number of nitrogens with one attached hydrogen (secondary N) is 1. The molecule has 1 aliphatic heterocycles. The third-order valence-corrected chi connectivity index (χ3v) is 4.16. The number of carbonyl (C=O) groups is 1. The van der Waals surface area contributed by atoms with Crippen LogP contribution in [-0.2, 0) is 4.79 Å². The van der Waals surface area contributed by atoms with Crippen molar-refractivity contribution in [3.63, 3.8) is 0 Å². The Hall–Kier alpha value is -3.46. The molecule has 3 rings (SSSR count). The second-order valence-electron chi connectivity index (χ2n) is 6.19. The molecule has 27 heavy (non-hydrogen) atoms. The van der Waals surface area contributed by atoms with Gasteiger partial charge in [0.1, 0.15) is 24.9 Å². The molecule has 2 aromatic rings. The van der Waals surface area contributed by atoms with Crippen LogP contribution in [0.3, 0.4) is 0 Å². The van der Waals surface area contributed by atoms with Crippen LogP contribution >= 0.6 is 0 Å². The Morgan fingerprint density at radius 2 is 2.00 bits per heavy atom. The molecule has 0 saturated heterocycles. The zero-order valence-electron chi connectivity index (χ0n) is 15.5. The van der Waals surface area contributed by atoms with Crippen LogP contribution in [0.15, 0.2) is 35.9 Å². The van der Waals surface area contributed by atoms with Crippen LogP contribution in [0, 0.1) is 25.2 Å². The molecule has 0 unspecified atom stereocenters. The number of hydrogen-bond acceptors (Lipinski definition) is 5. The minimum atomic E-state index is -0.474. The standard InChI is InChI=1S/C21H20N2O4/c1-13-4-5-17(14(2)8-13)23-21(24)16(12-22)9-15-10-18(25-3)20-19(11-15)26-6-7-27-20/h4-5,8-11H,6-7H2,1-3H3,(H,23,24)/b16-9+. The highest BCUT2D eigenvalue weighted by Crippen LogP contribution is 2.40. The number of benzene rings is 2. The van der Waals surface area contributed by atoms with Crippen molar-refractivity contribution in [2.75, 3.05) is 25.6 Å². The third kappa shape index (κ3) is 4.04. The van der Waals surface area contributed by atoms with E-state index in [9.17, 15) is 10.1 Å². The Labute approximate surface area is 158 Å². The van der Waals surface area contributed by atoms with Crippen molar-refractivity contribution in [1.82, 2.24) is 0 Å². The lowest BCUT2D eigenvalue weighted by molar-refractivity contribution is -0.112. The zero-order valence-corrected chi connectivity index (χ0v) is 15.5. The van der Waals surface area contributed by atoms with Crippen LogP contribution in [0.25, 0.3) is 6.08 Å². The summed E-state index contributed by atoms with van der Waals surface area (Å²) in [5.74, 6) is 1.07. The molecule has 1 aliphatic rings. The second kappa shape index (κ2) is 7.83. The maximum atomic E-state index is 12.5. The Kier molecular flexibility index (Phi) is 5.32.